The van der Waals surface area contributed by atoms with Gasteiger partial charge in [-0.3, -0.25) is 9.80 Å². The van der Waals surface area contributed by atoms with Crippen LogP contribution in [-0.2, 0) is 0 Å². The normalized spacial score (nSPS) is 22.1. The van der Waals surface area contributed by atoms with Gasteiger partial charge in [-0.05, 0) is 12.8 Å². The molecule has 0 saturated heterocycles. The maximum atomic E-state index is 12.3. The van der Waals surface area contributed by atoms with Gasteiger partial charge in [-0.1, -0.05) is 35.5 Å². The van der Waals surface area contributed by atoms with Gasteiger partial charge < -0.3 is 20.4 Å². The van der Waals surface area contributed by atoms with Crippen LogP contribution in [0.5, 0.6) is 0 Å². The molecule has 1 saturated carbocycles. The van der Waals surface area contributed by atoms with Crippen LogP contribution < -0.4 is 16.3 Å². The minimum absolute atomic E-state index is 0.0330. The lowest BCUT2D eigenvalue weighted by Crippen LogP contribution is -2.57. The van der Waals surface area contributed by atoms with Crippen LogP contribution in [0.15, 0.2) is 52.8 Å². The van der Waals surface area contributed by atoms with Crippen molar-refractivity contribution in [2.45, 2.75) is 24.9 Å². The monoisotopic (exact) mass is 341 g/mol. The first-order chi connectivity index (χ1) is 12.2. The third-order valence-corrected chi connectivity index (χ3v) is 4.51. The van der Waals surface area contributed by atoms with E-state index in [1.807, 2.05) is 35.3 Å². The van der Waals surface area contributed by atoms with E-state index in [9.17, 15) is 9.90 Å². The lowest BCUT2D eigenvalue weighted by atomic mass is 9.86. The summed E-state index contributed by atoms with van der Waals surface area (Å²) in [5.74, 6) is 0.335. The second kappa shape index (κ2) is 6.58. The highest BCUT2D eigenvalue weighted by molar-refractivity contribution is 5.93. The summed E-state index contributed by atoms with van der Waals surface area (Å²) in [6.45, 7) is -0.0330. The summed E-state index contributed by atoms with van der Waals surface area (Å²) >= 11 is 0. The van der Waals surface area contributed by atoms with E-state index in [0.29, 0.717) is 5.76 Å². The molecular formula is C17H19N5O3. The highest BCUT2D eigenvalue weighted by atomic mass is 16.5. The van der Waals surface area contributed by atoms with Crippen LogP contribution in [0.1, 0.15) is 23.3 Å². The molecular weight excluding hydrogens is 322 g/mol. The zero-order valence-electron chi connectivity index (χ0n) is 13.5. The van der Waals surface area contributed by atoms with E-state index < -0.39 is 0 Å². The van der Waals surface area contributed by atoms with Gasteiger partial charge in [0.05, 0.1) is 18.3 Å². The van der Waals surface area contributed by atoms with Crippen molar-refractivity contribution >= 4 is 5.91 Å². The maximum absolute atomic E-state index is 12.3. The van der Waals surface area contributed by atoms with Gasteiger partial charge in [0.25, 0.3) is 5.91 Å². The second-order valence-corrected chi connectivity index (χ2v) is 6.16. The number of carbonyl (C=O) groups excluding carboxylic acids is 1. The highest BCUT2D eigenvalue weighted by Crippen LogP contribution is 2.28. The van der Waals surface area contributed by atoms with Gasteiger partial charge in [0.15, 0.2) is 11.5 Å². The SMILES string of the molecule is O=C(NC1CC(N2NNC=C2CO)C1)c1cc(-c2ccccc2)on1. The third-order valence-electron chi connectivity index (χ3n) is 4.51. The first-order valence-electron chi connectivity index (χ1n) is 8.18. The number of aliphatic hydroxyl groups is 1. The number of carbonyl (C=O) groups is 1. The van der Waals surface area contributed by atoms with E-state index in [-0.39, 0.29) is 30.3 Å². The van der Waals surface area contributed by atoms with Gasteiger partial charge in [0.2, 0.25) is 0 Å². The molecule has 1 amide bonds. The van der Waals surface area contributed by atoms with Crippen molar-refractivity contribution in [1.82, 2.24) is 26.4 Å². The van der Waals surface area contributed by atoms with E-state index in [2.05, 4.69) is 21.4 Å². The summed E-state index contributed by atoms with van der Waals surface area (Å²) in [6, 6.07) is 11.5. The fourth-order valence-corrected chi connectivity index (χ4v) is 3.07. The van der Waals surface area contributed by atoms with Crippen LogP contribution >= 0.6 is 0 Å². The lowest BCUT2D eigenvalue weighted by Gasteiger charge is -2.42. The Bertz CT molecular complexity index is 783. The molecule has 0 atom stereocenters. The van der Waals surface area contributed by atoms with Crippen molar-refractivity contribution in [3.8, 4) is 11.3 Å². The number of nitrogens with one attached hydrogen (secondary N) is 3. The fraction of sp³-hybridized carbons (Fsp3) is 0.294. The Morgan fingerprint density at radius 1 is 1.36 bits per heavy atom. The zero-order valence-corrected chi connectivity index (χ0v) is 13.5. The number of hydrazine groups is 2. The van der Waals surface area contributed by atoms with Gasteiger partial charge in [-0.15, -0.1) is 5.53 Å². The molecule has 25 heavy (non-hydrogen) atoms. The quantitative estimate of drug-likeness (QED) is 0.637. The number of hydrogen-bond donors (Lipinski definition) is 4. The predicted molar refractivity (Wildman–Crippen MR) is 89.5 cm³/mol. The average molecular weight is 341 g/mol. The fourth-order valence-electron chi connectivity index (χ4n) is 3.07. The summed E-state index contributed by atoms with van der Waals surface area (Å²) in [5, 5.41) is 18.0. The Balaban J connectivity index is 1.32. The number of nitrogens with zero attached hydrogens (tertiary/aromatic N) is 2. The Morgan fingerprint density at radius 2 is 2.16 bits per heavy atom. The van der Waals surface area contributed by atoms with Crippen molar-refractivity contribution in [2.24, 2.45) is 0 Å². The van der Waals surface area contributed by atoms with E-state index in [1.54, 1.807) is 12.3 Å². The van der Waals surface area contributed by atoms with Crippen LogP contribution in [-0.4, -0.2) is 39.9 Å². The Labute approximate surface area is 144 Å². The van der Waals surface area contributed by atoms with E-state index in [0.717, 1.165) is 24.1 Å². The van der Waals surface area contributed by atoms with Gasteiger partial charge >= 0.3 is 0 Å². The summed E-state index contributed by atoms with van der Waals surface area (Å²) in [6.07, 6.45) is 3.31. The molecule has 1 aliphatic carbocycles. The van der Waals surface area contributed by atoms with Crippen LogP contribution in [0.25, 0.3) is 11.3 Å². The molecule has 1 aromatic heterocycles. The summed E-state index contributed by atoms with van der Waals surface area (Å²) in [4.78, 5) is 12.3. The van der Waals surface area contributed by atoms with E-state index in [1.165, 1.54) is 0 Å². The highest BCUT2D eigenvalue weighted by Gasteiger charge is 2.37. The van der Waals surface area contributed by atoms with Crippen molar-refractivity contribution in [3.63, 3.8) is 0 Å². The Hall–Kier alpha value is -2.84. The first kappa shape index (κ1) is 15.7. The molecule has 2 aromatic rings. The van der Waals surface area contributed by atoms with E-state index in [4.69, 9.17) is 4.52 Å². The third kappa shape index (κ3) is 3.09. The van der Waals surface area contributed by atoms with Gasteiger partial charge in [0.1, 0.15) is 0 Å². The lowest BCUT2D eigenvalue weighted by molar-refractivity contribution is 0.0646. The molecule has 0 unspecified atom stereocenters. The molecule has 4 N–H and O–H groups in total. The zero-order chi connectivity index (χ0) is 17.2. The average Bonchev–Trinajstić information content (AvgIpc) is 3.27. The largest absolute Gasteiger partial charge is 0.390 e. The second-order valence-electron chi connectivity index (χ2n) is 6.16. The molecule has 8 nitrogen and oxygen atoms in total. The van der Waals surface area contributed by atoms with Crippen LogP contribution in [0.3, 0.4) is 0 Å². The number of benzene rings is 1. The minimum atomic E-state index is -0.236. The van der Waals surface area contributed by atoms with Gasteiger partial charge in [-0.2, -0.15) is 0 Å². The molecule has 2 aliphatic rings. The Morgan fingerprint density at radius 3 is 2.92 bits per heavy atom. The number of amides is 1. The minimum Gasteiger partial charge on any atom is -0.390 e. The summed E-state index contributed by atoms with van der Waals surface area (Å²) in [5.41, 5.74) is 7.79. The number of aromatic nitrogens is 1. The molecule has 0 spiro atoms. The molecule has 1 fully saturated rings. The number of aliphatic hydroxyl groups excluding tert-OH is 1. The topological polar surface area (TPSA) is 103 Å². The van der Waals surface area contributed by atoms with Crippen molar-refractivity contribution in [2.75, 3.05) is 6.61 Å². The van der Waals surface area contributed by atoms with Crippen LogP contribution in [0.2, 0.25) is 0 Å². The summed E-state index contributed by atoms with van der Waals surface area (Å²) < 4.78 is 5.26. The van der Waals surface area contributed by atoms with Crippen LogP contribution in [0, 0.1) is 0 Å². The predicted octanol–water partition coefficient (Wildman–Crippen LogP) is 0.761. The maximum Gasteiger partial charge on any atom is 0.273 e. The first-order valence-corrected chi connectivity index (χ1v) is 8.18. The molecule has 4 rings (SSSR count). The smallest absolute Gasteiger partial charge is 0.273 e. The number of rotatable bonds is 5. The van der Waals surface area contributed by atoms with Crippen LogP contribution in [0.4, 0.5) is 0 Å². The summed E-state index contributed by atoms with van der Waals surface area (Å²) in [7, 11) is 0. The van der Waals surface area contributed by atoms with Gasteiger partial charge in [0, 0.05) is 23.9 Å². The standard InChI is InChI=1S/C17H19N5O3/c23-10-14-9-18-21-22(14)13-6-12(7-13)19-17(24)15-8-16(25-20-15)11-4-2-1-3-5-11/h1-5,8-9,12-13,18,21,23H,6-7,10H2,(H,19,24). The van der Waals surface area contributed by atoms with Crippen molar-refractivity contribution < 1.29 is 14.4 Å². The Kier molecular flexibility index (Phi) is 4.12. The molecule has 1 aromatic carbocycles. The van der Waals surface area contributed by atoms with Gasteiger partial charge in [-0.25, -0.2) is 0 Å². The number of hydrogen-bond acceptors (Lipinski definition) is 7. The van der Waals surface area contributed by atoms with Crippen molar-refractivity contribution in [3.05, 3.63) is 54.0 Å². The molecule has 8 heteroatoms. The molecule has 1 aliphatic heterocycles. The molecule has 0 radical (unpaired) electrons. The molecule has 0 bridgehead atoms. The van der Waals surface area contributed by atoms with Crippen molar-refractivity contribution in [1.29, 1.82) is 0 Å². The molecule has 130 valence electrons. The van der Waals surface area contributed by atoms with E-state index >= 15 is 0 Å². The molecule has 2 heterocycles.